The molecule has 1 heterocycles. The zero-order chi connectivity index (χ0) is 23.3. The van der Waals surface area contributed by atoms with Crippen LogP contribution in [0.2, 0.25) is 5.02 Å². The third-order valence-electron chi connectivity index (χ3n) is 5.51. The normalized spacial score (nSPS) is 16.8. The number of benzene rings is 2. The van der Waals surface area contributed by atoms with Gasteiger partial charge in [-0.2, -0.15) is 9.57 Å². The van der Waals surface area contributed by atoms with Crippen molar-refractivity contribution in [1.29, 1.82) is 5.26 Å². The molecule has 32 heavy (non-hydrogen) atoms. The van der Waals surface area contributed by atoms with E-state index in [1.807, 2.05) is 6.92 Å². The maximum Gasteiger partial charge on any atom is 0.254 e. The summed E-state index contributed by atoms with van der Waals surface area (Å²) in [5.74, 6) is -0.0491. The molecule has 0 N–H and O–H groups in total. The van der Waals surface area contributed by atoms with E-state index in [1.54, 1.807) is 35.2 Å². The highest BCUT2D eigenvalue weighted by Gasteiger charge is 2.31. The fourth-order valence-corrected chi connectivity index (χ4v) is 5.90. The summed E-state index contributed by atoms with van der Waals surface area (Å²) in [5, 5.41) is 9.06. The molecule has 1 fully saturated rings. The minimum atomic E-state index is -3.81. The van der Waals surface area contributed by atoms with E-state index in [2.05, 4.69) is 12.6 Å². The standard InChI is InChI=1S/C24H26ClN3O3S/c1-3-12-27(17-20-8-6-19(15-26)7-9-20)24(29)21-10-11-22(25)23(14-21)32(30,31)28-13-4-5-18(2)16-28/h3,6-11,14,18H,1,4-5,12-13,16-17H2,2H3. The number of rotatable bonds is 7. The Hall–Kier alpha value is -2.66. The first-order valence-corrected chi connectivity index (χ1v) is 12.3. The molecule has 6 nitrogen and oxygen atoms in total. The Balaban J connectivity index is 1.89. The first-order chi connectivity index (χ1) is 15.3. The SMILES string of the molecule is C=CCN(Cc1ccc(C#N)cc1)C(=O)c1ccc(Cl)c(S(=O)(=O)N2CCCC(C)C2)c1. The number of amides is 1. The molecule has 1 saturated heterocycles. The van der Waals surface area contributed by atoms with Crippen LogP contribution in [0.15, 0.2) is 60.0 Å². The number of sulfonamides is 1. The molecule has 0 bridgehead atoms. The molecule has 1 aliphatic rings. The zero-order valence-electron chi connectivity index (χ0n) is 18.0. The number of carbonyl (C=O) groups is 1. The Labute approximate surface area is 194 Å². The highest BCUT2D eigenvalue weighted by molar-refractivity contribution is 7.89. The summed E-state index contributed by atoms with van der Waals surface area (Å²) in [6.07, 6.45) is 3.41. The summed E-state index contributed by atoms with van der Waals surface area (Å²) >= 11 is 6.27. The van der Waals surface area contributed by atoms with Crippen LogP contribution in [0, 0.1) is 17.2 Å². The Morgan fingerprint density at radius 1 is 1.31 bits per heavy atom. The minimum absolute atomic E-state index is 0.0453. The number of halogens is 1. The molecule has 3 rings (SSSR count). The van der Waals surface area contributed by atoms with Crippen LogP contribution >= 0.6 is 11.6 Å². The molecule has 1 aliphatic heterocycles. The molecule has 1 unspecified atom stereocenters. The summed E-state index contributed by atoms with van der Waals surface area (Å²) in [6.45, 7) is 7.22. The van der Waals surface area contributed by atoms with Crippen LogP contribution in [0.4, 0.5) is 0 Å². The third-order valence-corrected chi connectivity index (χ3v) is 7.86. The van der Waals surface area contributed by atoms with Gasteiger partial charge >= 0.3 is 0 Å². The number of carbonyl (C=O) groups excluding carboxylic acids is 1. The van der Waals surface area contributed by atoms with Crippen molar-refractivity contribution >= 4 is 27.5 Å². The van der Waals surface area contributed by atoms with Crippen molar-refractivity contribution < 1.29 is 13.2 Å². The maximum absolute atomic E-state index is 13.3. The van der Waals surface area contributed by atoms with Crippen molar-refractivity contribution in [3.63, 3.8) is 0 Å². The molecule has 2 aromatic rings. The van der Waals surface area contributed by atoms with Gasteiger partial charge in [-0.1, -0.05) is 36.7 Å². The van der Waals surface area contributed by atoms with Crippen LogP contribution in [-0.2, 0) is 16.6 Å². The van der Waals surface area contributed by atoms with Gasteiger partial charge in [-0.05, 0) is 54.7 Å². The fourth-order valence-electron chi connectivity index (χ4n) is 3.80. The second-order valence-electron chi connectivity index (χ2n) is 8.04. The van der Waals surface area contributed by atoms with Crippen LogP contribution in [0.1, 0.15) is 41.3 Å². The maximum atomic E-state index is 13.3. The summed E-state index contributed by atoms with van der Waals surface area (Å²) in [5.41, 5.74) is 1.63. The largest absolute Gasteiger partial charge is 0.331 e. The number of piperidine rings is 1. The average Bonchev–Trinajstić information content (AvgIpc) is 2.79. The van der Waals surface area contributed by atoms with Gasteiger partial charge in [0.2, 0.25) is 10.0 Å². The second-order valence-corrected chi connectivity index (χ2v) is 10.4. The Morgan fingerprint density at radius 3 is 2.66 bits per heavy atom. The molecule has 0 aliphatic carbocycles. The van der Waals surface area contributed by atoms with E-state index in [-0.39, 0.29) is 33.9 Å². The summed E-state index contributed by atoms with van der Waals surface area (Å²) < 4.78 is 28.0. The molecule has 168 valence electrons. The lowest BCUT2D eigenvalue weighted by atomic mass is 10.0. The number of nitrogens with zero attached hydrogens (tertiary/aromatic N) is 3. The second kappa shape index (κ2) is 10.3. The molecule has 2 aromatic carbocycles. The molecule has 1 amide bonds. The van der Waals surface area contributed by atoms with E-state index >= 15 is 0 Å². The van der Waals surface area contributed by atoms with Crippen molar-refractivity contribution in [1.82, 2.24) is 9.21 Å². The van der Waals surface area contributed by atoms with E-state index < -0.39 is 10.0 Å². The molecule has 1 atom stereocenters. The van der Waals surface area contributed by atoms with Gasteiger partial charge in [-0.3, -0.25) is 4.79 Å². The van der Waals surface area contributed by atoms with E-state index in [9.17, 15) is 13.2 Å². The van der Waals surface area contributed by atoms with Gasteiger partial charge in [-0.15, -0.1) is 6.58 Å². The minimum Gasteiger partial charge on any atom is -0.331 e. The van der Waals surface area contributed by atoms with Crippen LogP contribution in [0.3, 0.4) is 0 Å². The lowest BCUT2D eigenvalue weighted by Gasteiger charge is -2.30. The van der Waals surface area contributed by atoms with E-state index in [4.69, 9.17) is 16.9 Å². The van der Waals surface area contributed by atoms with Crippen molar-refractivity contribution in [2.24, 2.45) is 5.92 Å². The van der Waals surface area contributed by atoms with E-state index in [0.29, 0.717) is 25.2 Å². The molecule has 0 radical (unpaired) electrons. The lowest BCUT2D eigenvalue weighted by molar-refractivity contribution is 0.0762. The first kappa shape index (κ1) is 24.0. The van der Waals surface area contributed by atoms with Crippen LogP contribution in [0.25, 0.3) is 0 Å². The predicted octanol–water partition coefficient (Wildman–Crippen LogP) is 4.46. The van der Waals surface area contributed by atoms with Crippen molar-refractivity contribution in [3.05, 3.63) is 76.8 Å². The summed E-state index contributed by atoms with van der Waals surface area (Å²) in [6, 6.07) is 13.4. The van der Waals surface area contributed by atoms with Crippen LogP contribution in [0.5, 0.6) is 0 Å². The first-order valence-electron chi connectivity index (χ1n) is 10.4. The van der Waals surface area contributed by atoms with Crippen LogP contribution < -0.4 is 0 Å². The highest BCUT2D eigenvalue weighted by atomic mass is 35.5. The molecule has 0 spiro atoms. The predicted molar refractivity (Wildman–Crippen MR) is 125 cm³/mol. The van der Waals surface area contributed by atoms with Gasteiger partial charge in [-0.25, -0.2) is 8.42 Å². The number of hydrogen-bond donors (Lipinski definition) is 0. The molecule has 0 aromatic heterocycles. The Bertz CT molecular complexity index is 1140. The molecule has 8 heteroatoms. The van der Waals surface area contributed by atoms with Gasteiger partial charge in [0, 0.05) is 31.7 Å². The molecular formula is C24H26ClN3O3S. The van der Waals surface area contributed by atoms with Gasteiger partial charge in [0.25, 0.3) is 5.91 Å². The zero-order valence-corrected chi connectivity index (χ0v) is 19.6. The van der Waals surface area contributed by atoms with Gasteiger partial charge in [0.15, 0.2) is 0 Å². The quantitative estimate of drug-likeness (QED) is 0.558. The smallest absolute Gasteiger partial charge is 0.254 e. The third kappa shape index (κ3) is 5.39. The Morgan fingerprint density at radius 2 is 2.03 bits per heavy atom. The summed E-state index contributed by atoms with van der Waals surface area (Å²) in [7, 11) is -3.81. The monoisotopic (exact) mass is 471 g/mol. The van der Waals surface area contributed by atoms with Crippen molar-refractivity contribution in [2.75, 3.05) is 19.6 Å². The lowest BCUT2D eigenvalue weighted by Crippen LogP contribution is -2.39. The molecular weight excluding hydrogens is 446 g/mol. The molecule has 0 saturated carbocycles. The van der Waals surface area contributed by atoms with E-state index in [0.717, 1.165) is 18.4 Å². The van der Waals surface area contributed by atoms with Crippen molar-refractivity contribution in [3.8, 4) is 6.07 Å². The fraction of sp³-hybridized carbons (Fsp3) is 0.333. The van der Waals surface area contributed by atoms with Gasteiger partial charge < -0.3 is 4.90 Å². The van der Waals surface area contributed by atoms with E-state index in [1.165, 1.54) is 22.5 Å². The number of hydrogen-bond acceptors (Lipinski definition) is 4. The van der Waals surface area contributed by atoms with Crippen molar-refractivity contribution in [2.45, 2.75) is 31.2 Å². The van der Waals surface area contributed by atoms with Gasteiger partial charge in [0.05, 0.1) is 16.7 Å². The van der Waals surface area contributed by atoms with Crippen LogP contribution in [-0.4, -0.2) is 43.2 Å². The topological polar surface area (TPSA) is 81.5 Å². The number of nitriles is 1. The highest BCUT2D eigenvalue weighted by Crippen LogP contribution is 2.29. The summed E-state index contributed by atoms with van der Waals surface area (Å²) in [4.78, 5) is 14.8. The Kier molecular flexibility index (Phi) is 7.73. The van der Waals surface area contributed by atoms with Gasteiger partial charge in [0.1, 0.15) is 4.90 Å². The average molecular weight is 472 g/mol.